The van der Waals surface area contributed by atoms with Gasteiger partial charge < -0.3 is 16.4 Å². The van der Waals surface area contributed by atoms with E-state index in [2.05, 4.69) is 36.5 Å². The van der Waals surface area contributed by atoms with Gasteiger partial charge in [-0.05, 0) is 39.2 Å². The van der Waals surface area contributed by atoms with Gasteiger partial charge in [0.15, 0.2) is 5.65 Å². The maximum atomic E-state index is 6.31. The molecule has 7 heteroatoms. The van der Waals surface area contributed by atoms with Crippen LogP contribution in [0.5, 0.6) is 0 Å². The van der Waals surface area contributed by atoms with Crippen LogP contribution in [0, 0.1) is 0 Å². The smallest absolute Gasteiger partial charge is 0.226 e. The van der Waals surface area contributed by atoms with Crippen molar-refractivity contribution in [1.82, 2.24) is 19.7 Å². The second-order valence-corrected chi connectivity index (χ2v) is 8.23. The fraction of sp³-hybridized carbons (Fsp3) is 0.450. The molecular formula is C20H27N7. The molecule has 1 saturated carbocycles. The Balaban J connectivity index is 1.62. The van der Waals surface area contributed by atoms with Gasteiger partial charge in [0.1, 0.15) is 5.82 Å². The highest BCUT2D eigenvalue weighted by molar-refractivity contribution is 5.88. The molecule has 0 spiro atoms. The molecule has 7 nitrogen and oxygen atoms in total. The van der Waals surface area contributed by atoms with Gasteiger partial charge in [0.2, 0.25) is 5.95 Å². The molecule has 2 heterocycles. The van der Waals surface area contributed by atoms with Crippen molar-refractivity contribution in [2.75, 3.05) is 17.2 Å². The quantitative estimate of drug-likeness (QED) is 0.619. The summed E-state index contributed by atoms with van der Waals surface area (Å²) in [5.74, 6) is 1.37. The molecule has 1 aliphatic rings. The predicted octanol–water partition coefficient (Wildman–Crippen LogP) is 3.48. The molecule has 1 atom stereocenters. The number of nitrogens with zero attached hydrogens (tertiary/aromatic N) is 4. The van der Waals surface area contributed by atoms with Gasteiger partial charge in [0.25, 0.3) is 0 Å². The van der Waals surface area contributed by atoms with E-state index in [4.69, 9.17) is 15.7 Å². The summed E-state index contributed by atoms with van der Waals surface area (Å²) in [5, 5.41) is 12.3. The molecule has 1 aromatic carbocycles. The van der Waals surface area contributed by atoms with E-state index in [0.717, 1.165) is 35.3 Å². The Hall–Kier alpha value is -2.67. The first kappa shape index (κ1) is 17.7. The molecule has 27 heavy (non-hydrogen) atoms. The van der Waals surface area contributed by atoms with Gasteiger partial charge in [-0.25, -0.2) is 4.68 Å². The summed E-state index contributed by atoms with van der Waals surface area (Å²) in [7, 11) is 0. The van der Waals surface area contributed by atoms with E-state index in [1.165, 1.54) is 0 Å². The molecule has 0 unspecified atom stereocenters. The number of hydrogen-bond donors (Lipinski definition) is 3. The molecule has 0 radical (unpaired) electrons. The highest BCUT2D eigenvalue weighted by atomic mass is 15.3. The average Bonchev–Trinajstić information content (AvgIpc) is 3.38. The van der Waals surface area contributed by atoms with E-state index in [1.54, 1.807) is 0 Å². The van der Waals surface area contributed by atoms with E-state index in [0.29, 0.717) is 18.5 Å². The number of fused-ring (bicyclic) bond motifs is 1. The Morgan fingerprint density at radius 1 is 1.19 bits per heavy atom. The Labute approximate surface area is 159 Å². The molecule has 142 valence electrons. The normalized spacial score (nSPS) is 15.7. The van der Waals surface area contributed by atoms with Crippen LogP contribution in [-0.2, 0) is 0 Å². The first-order chi connectivity index (χ1) is 12.9. The van der Waals surface area contributed by atoms with Gasteiger partial charge in [-0.15, -0.1) is 0 Å². The van der Waals surface area contributed by atoms with Crippen LogP contribution in [0.4, 0.5) is 11.8 Å². The van der Waals surface area contributed by atoms with Gasteiger partial charge in [0.05, 0.1) is 17.6 Å². The lowest BCUT2D eigenvalue weighted by Crippen LogP contribution is -2.27. The molecule has 2 aromatic heterocycles. The molecule has 1 aliphatic carbocycles. The molecule has 3 aromatic rings. The van der Waals surface area contributed by atoms with Crippen molar-refractivity contribution in [3.05, 3.63) is 42.1 Å². The Bertz CT molecular complexity index is 923. The third-order valence-electron chi connectivity index (χ3n) is 4.55. The summed E-state index contributed by atoms with van der Waals surface area (Å²) in [6.07, 6.45) is 4.18. The maximum Gasteiger partial charge on any atom is 0.226 e. The first-order valence-corrected chi connectivity index (χ1v) is 9.48. The number of aromatic nitrogens is 4. The van der Waals surface area contributed by atoms with E-state index >= 15 is 0 Å². The van der Waals surface area contributed by atoms with Crippen molar-refractivity contribution in [1.29, 1.82) is 0 Å². The van der Waals surface area contributed by atoms with Gasteiger partial charge in [-0.1, -0.05) is 30.3 Å². The number of nitrogens with two attached hydrogens (primary N) is 1. The minimum atomic E-state index is -0.127. The average molecular weight is 365 g/mol. The van der Waals surface area contributed by atoms with Crippen LogP contribution in [0.1, 0.15) is 51.3 Å². The number of rotatable bonds is 6. The zero-order valence-electron chi connectivity index (χ0n) is 16.1. The van der Waals surface area contributed by atoms with Gasteiger partial charge in [0, 0.05) is 18.1 Å². The van der Waals surface area contributed by atoms with E-state index < -0.39 is 0 Å². The van der Waals surface area contributed by atoms with Crippen LogP contribution in [0.15, 0.2) is 36.5 Å². The Morgan fingerprint density at radius 2 is 1.93 bits per heavy atom. The summed E-state index contributed by atoms with van der Waals surface area (Å²) in [5.41, 5.74) is 8.16. The predicted molar refractivity (Wildman–Crippen MR) is 109 cm³/mol. The summed E-state index contributed by atoms with van der Waals surface area (Å²) >= 11 is 0. The zero-order valence-corrected chi connectivity index (χ0v) is 16.1. The number of anilines is 2. The van der Waals surface area contributed by atoms with Crippen molar-refractivity contribution in [3.8, 4) is 0 Å². The van der Waals surface area contributed by atoms with Crippen molar-refractivity contribution < 1.29 is 0 Å². The molecule has 1 fully saturated rings. The summed E-state index contributed by atoms with van der Waals surface area (Å²) in [6, 6.07) is 10.4. The zero-order chi connectivity index (χ0) is 19.0. The molecule has 0 bridgehead atoms. The van der Waals surface area contributed by atoms with Crippen LogP contribution in [0.25, 0.3) is 11.0 Å². The third kappa shape index (κ3) is 4.03. The highest BCUT2D eigenvalue weighted by Gasteiger charge is 2.28. The SMILES string of the molecule is CC(C)(C)Nc1nc(NC[C@H](N)c2ccccc2)nc2c1cnn2C1CC1. The highest BCUT2D eigenvalue weighted by Crippen LogP contribution is 2.37. The van der Waals surface area contributed by atoms with E-state index in [1.807, 2.05) is 41.2 Å². The Morgan fingerprint density at radius 3 is 2.59 bits per heavy atom. The van der Waals surface area contributed by atoms with Crippen molar-refractivity contribution >= 4 is 22.8 Å². The number of hydrogen-bond acceptors (Lipinski definition) is 6. The lowest BCUT2D eigenvalue weighted by molar-refractivity contribution is 0.631. The molecule has 0 aliphatic heterocycles. The number of nitrogens with one attached hydrogen (secondary N) is 2. The standard InChI is InChI=1S/C20H27N7/c1-20(2,3)26-17-15-11-23-27(14-9-10-14)18(15)25-19(24-17)22-12-16(21)13-7-5-4-6-8-13/h4-8,11,14,16H,9-10,12,21H2,1-3H3,(H2,22,24,25,26)/t16-/m0/s1. The number of benzene rings is 1. The monoisotopic (exact) mass is 365 g/mol. The molecule has 4 rings (SSSR count). The minimum absolute atomic E-state index is 0.110. The molecular weight excluding hydrogens is 338 g/mol. The van der Waals surface area contributed by atoms with Crippen LogP contribution < -0.4 is 16.4 Å². The van der Waals surface area contributed by atoms with Crippen molar-refractivity contribution in [3.63, 3.8) is 0 Å². The van der Waals surface area contributed by atoms with Crippen molar-refractivity contribution in [2.24, 2.45) is 5.73 Å². The van der Waals surface area contributed by atoms with Crippen LogP contribution in [0.2, 0.25) is 0 Å². The molecule has 0 amide bonds. The second kappa shape index (κ2) is 6.81. The Kier molecular flexibility index (Phi) is 4.47. The largest absolute Gasteiger partial charge is 0.365 e. The molecule has 4 N–H and O–H groups in total. The summed E-state index contributed by atoms with van der Waals surface area (Å²) in [6.45, 7) is 6.90. The van der Waals surface area contributed by atoms with Crippen LogP contribution in [-0.4, -0.2) is 31.8 Å². The third-order valence-corrected chi connectivity index (χ3v) is 4.55. The lowest BCUT2D eigenvalue weighted by atomic mass is 10.1. The topological polar surface area (TPSA) is 93.7 Å². The first-order valence-electron chi connectivity index (χ1n) is 9.48. The maximum absolute atomic E-state index is 6.31. The second-order valence-electron chi connectivity index (χ2n) is 8.23. The fourth-order valence-corrected chi connectivity index (χ4v) is 3.06. The van der Waals surface area contributed by atoms with Crippen molar-refractivity contribution in [2.45, 2.75) is 51.2 Å². The van der Waals surface area contributed by atoms with Gasteiger partial charge in [-0.3, -0.25) is 0 Å². The molecule has 0 saturated heterocycles. The fourth-order valence-electron chi connectivity index (χ4n) is 3.06. The van der Waals surface area contributed by atoms with Gasteiger partial charge in [-0.2, -0.15) is 15.1 Å². The lowest BCUT2D eigenvalue weighted by Gasteiger charge is -2.22. The summed E-state index contributed by atoms with van der Waals surface area (Å²) in [4.78, 5) is 9.44. The van der Waals surface area contributed by atoms with E-state index in [-0.39, 0.29) is 11.6 Å². The van der Waals surface area contributed by atoms with Gasteiger partial charge >= 0.3 is 0 Å². The van der Waals surface area contributed by atoms with E-state index in [9.17, 15) is 0 Å². The van der Waals surface area contributed by atoms with Crippen LogP contribution in [0.3, 0.4) is 0 Å². The van der Waals surface area contributed by atoms with Crippen LogP contribution >= 0.6 is 0 Å². The minimum Gasteiger partial charge on any atom is -0.365 e. The summed E-state index contributed by atoms with van der Waals surface area (Å²) < 4.78 is 2.02.